The molecule has 0 bridgehead atoms. The number of carbonyl (C=O) groups is 2. The van der Waals surface area contributed by atoms with Crippen molar-refractivity contribution in [1.82, 2.24) is 5.23 Å². The number of carbonyl (C=O) groups excluding carboxylic acids is 1. The fourth-order valence-corrected chi connectivity index (χ4v) is 1.37. The molecule has 1 aromatic carbocycles. The monoisotopic (exact) mass is 247 g/mol. The van der Waals surface area contributed by atoms with E-state index in [2.05, 4.69) is 5.23 Å². The van der Waals surface area contributed by atoms with E-state index in [1.807, 2.05) is 30.3 Å². The molecule has 0 aliphatic heterocycles. The maximum absolute atomic E-state index is 11.6. The molecule has 1 aromatic rings. The van der Waals surface area contributed by atoms with Gasteiger partial charge in [0.15, 0.2) is 7.98 Å². The predicted molar refractivity (Wildman–Crippen MR) is 65.8 cm³/mol. The second-order valence-corrected chi connectivity index (χ2v) is 3.74. The van der Waals surface area contributed by atoms with Crippen LogP contribution in [-0.2, 0) is 20.9 Å². The van der Waals surface area contributed by atoms with Gasteiger partial charge in [0, 0.05) is 6.42 Å². The Hall–Kier alpha value is -1.82. The minimum Gasteiger partial charge on any atom is -0.481 e. The van der Waals surface area contributed by atoms with Crippen LogP contribution in [-0.4, -0.2) is 31.1 Å². The van der Waals surface area contributed by atoms with Crippen molar-refractivity contribution in [2.24, 2.45) is 0 Å². The highest BCUT2D eigenvalue weighted by atomic mass is 16.5. The topological polar surface area (TPSA) is 75.6 Å². The first-order valence-electron chi connectivity index (χ1n) is 5.52. The lowest BCUT2D eigenvalue weighted by molar-refractivity contribution is -0.147. The fourth-order valence-electron chi connectivity index (χ4n) is 1.37. The number of esters is 1. The molecule has 0 amide bonds. The van der Waals surface area contributed by atoms with Crippen molar-refractivity contribution in [2.75, 3.05) is 0 Å². The molecule has 0 saturated heterocycles. The Kier molecular flexibility index (Phi) is 5.94. The quantitative estimate of drug-likeness (QED) is 0.546. The average molecular weight is 247 g/mol. The molecule has 0 aliphatic carbocycles. The van der Waals surface area contributed by atoms with Gasteiger partial charge in [0.2, 0.25) is 0 Å². The number of nitrogens with one attached hydrogen (secondary N) is 1. The van der Waals surface area contributed by atoms with Gasteiger partial charge in [-0.3, -0.25) is 9.59 Å². The maximum atomic E-state index is 11.6. The second-order valence-electron chi connectivity index (χ2n) is 3.74. The van der Waals surface area contributed by atoms with Crippen LogP contribution in [0.4, 0.5) is 0 Å². The van der Waals surface area contributed by atoms with Crippen LogP contribution >= 0.6 is 0 Å². The van der Waals surface area contributed by atoms with Gasteiger partial charge in [-0.05, 0) is 12.0 Å². The number of rotatable bonds is 7. The van der Waals surface area contributed by atoms with E-state index in [4.69, 9.17) is 17.8 Å². The number of aliphatic carboxylic acids is 1. The van der Waals surface area contributed by atoms with Crippen molar-refractivity contribution in [3.05, 3.63) is 35.9 Å². The first-order valence-corrected chi connectivity index (χ1v) is 5.52. The normalized spacial score (nSPS) is 11.8. The van der Waals surface area contributed by atoms with Crippen LogP contribution in [0.25, 0.3) is 0 Å². The number of hydrogen-bond donors (Lipinski definition) is 2. The summed E-state index contributed by atoms with van der Waals surface area (Å²) >= 11 is 0. The van der Waals surface area contributed by atoms with E-state index in [1.54, 1.807) is 0 Å². The van der Waals surface area contributed by atoms with Crippen molar-refractivity contribution in [3.63, 3.8) is 0 Å². The van der Waals surface area contributed by atoms with Crippen molar-refractivity contribution in [2.45, 2.75) is 25.5 Å². The average Bonchev–Trinajstić information content (AvgIpc) is 2.38. The summed E-state index contributed by atoms with van der Waals surface area (Å²) in [5.74, 6) is -1.53. The molecule has 0 spiro atoms. The van der Waals surface area contributed by atoms with E-state index >= 15 is 0 Å². The van der Waals surface area contributed by atoms with E-state index in [9.17, 15) is 9.59 Å². The third-order valence-corrected chi connectivity index (χ3v) is 2.36. The largest absolute Gasteiger partial charge is 0.481 e. The molecular weight excluding hydrogens is 233 g/mol. The van der Waals surface area contributed by atoms with E-state index in [0.29, 0.717) is 0 Å². The zero-order chi connectivity index (χ0) is 13.4. The van der Waals surface area contributed by atoms with Gasteiger partial charge >= 0.3 is 11.9 Å². The fraction of sp³-hybridized carbons (Fsp3) is 0.333. The van der Waals surface area contributed by atoms with E-state index in [1.165, 1.54) is 0 Å². The van der Waals surface area contributed by atoms with Crippen LogP contribution in [0.3, 0.4) is 0 Å². The molecule has 2 N–H and O–H groups in total. The summed E-state index contributed by atoms with van der Waals surface area (Å²) in [4.78, 5) is 22.0. The summed E-state index contributed by atoms with van der Waals surface area (Å²) in [6, 6.07) is 8.40. The zero-order valence-corrected chi connectivity index (χ0v) is 9.83. The minimum atomic E-state index is -0.980. The number of hydrogen-bond acceptors (Lipinski definition) is 4. The highest BCUT2D eigenvalue weighted by Crippen LogP contribution is 2.04. The molecule has 0 unspecified atom stereocenters. The Bertz CT molecular complexity index is 396. The number of carboxylic acid groups (broad SMARTS) is 1. The minimum absolute atomic E-state index is 0.0967. The summed E-state index contributed by atoms with van der Waals surface area (Å²) in [6.45, 7) is 0.144. The second kappa shape index (κ2) is 7.50. The van der Waals surface area contributed by atoms with Gasteiger partial charge in [-0.15, -0.1) is 0 Å². The Morgan fingerprint density at radius 3 is 2.56 bits per heavy atom. The van der Waals surface area contributed by atoms with Crippen molar-refractivity contribution < 1.29 is 19.4 Å². The molecule has 6 heteroatoms. The lowest BCUT2D eigenvalue weighted by Crippen LogP contribution is -2.36. The molecule has 1 rings (SSSR count). The molecule has 0 heterocycles. The molecule has 0 fully saturated rings. The van der Waals surface area contributed by atoms with Crippen molar-refractivity contribution >= 4 is 19.9 Å². The smallest absolute Gasteiger partial charge is 0.322 e. The zero-order valence-electron chi connectivity index (χ0n) is 9.83. The lowest BCUT2D eigenvalue weighted by atomic mass is 10.1. The van der Waals surface area contributed by atoms with Crippen LogP contribution in [0.1, 0.15) is 18.4 Å². The molecule has 2 radical (unpaired) electrons. The highest BCUT2D eigenvalue weighted by molar-refractivity contribution is 6.06. The molecule has 0 saturated carbocycles. The van der Waals surface area contributed by atoms with Crippen molar-refractivity contribution in [3.8, 4) is 0 Å². The van der Waals surface area contributed by atoms with Gasteiger partial charge in [0.1, 0.15) is 6.61 Å². The molecule has 0 aromatic heterocycles. The first-order chi connectivity index (χ1) is 8.63. The predicted octanol–water partition coefficient (Wildman–Crippen LogP) is 0.636. The summed E-state index contributed by atoms with van der Waals surface area (Å²) in [5.41, 5.74) is 0.861. The van der Waals surface area contributed by atoms with Crippen LogP contribution in [0, 0.1) is 0 Å². The van der Waals surface area contributed by atoms with Gasteiger partial charge in [-0.2, -0.15) is 0 Å². The molecule has 94 valence electrons. The van der Waals surface area contributed by atoms with Crippen LogP contribution in [0.15, 0.2) is 30.3 Å². The molecule has 18 heavy (non-hydrogen) atoms. The van der Waals surface area contributed by atoms with Gasteiger partial charge < -0.3 is 15.1 Å². The molecular formula is C12H14BNO4. The maximum Gasteiger partial charge on any atom is 0.322 e. The van der Waals surface area contributed by atoms with Crippen LogP contribution in [0.5, 0.6) is 0 Å². The Morgan fingerprint density at radius 2 is 2.00 bits per heavy atom. The summed E-state index contributed by atoms with van der Waals surface area (Å²) < 4.78 is 5.04. The van der Waals surface area contributed by atoms with Gasteiger partial charge in [0.05, 0.1) is 6.04 Å². The number of carboxylic acids is 1. The van der Waals surface area contributed by atoms with Crippen LogP contribution in [0.2, 0.25) is 0 Å². The molecule has 1 atom stereocenters. The Morgan fingerprint density at radius 1 is 1.33 bits per heavy atom. The van der Waals surface area contributed by atoms with Crippen LogP contribution < -0.4 is 5.23 Å². The summed E-state index contributed by atoms with van der Waals surface area (Å²) in [6.07, 6.45) is -0.0469. The van der Waals surface area contributed by atoms with Gasteiger partial charge in [0.25, 0.3) is 0 Å². The molecule has 5 nitrogen and oxygen atoms in total. The number of ether oxygens (including phenoxy) is 1. The van der Waals surface area contributed by atoms with Gasteiger partial charge in [-0.25, -0.2) is 0 Å². The Labute approximate surface area is 107 Å². The molecule has 0 aliphatic rings. The third kappa shape index (κ3) is 5.01. The number of benzene rings is 1. The summed E-state index contributed by atoms with van der Waals surface area (Å²) in [7, 11) is 5.19. The van der Waals surface area contributed by atoms with Gasteiger partial charge in [-0.1, -0.05) is 30.3 Å². The third-order valence-electron chi connectivity index (χ3n) is 2.36. The summed E-state index contributed by atoms with van der Waals surface area (Å²) in [5, 5.41) is 10.8. The highest BCUT2D eigenvalue weighted by Gasteiger charge is 2.18. The standard InChI is InChI=1S/C12H14BNO4/c13-14-10(6-7-11(15)16)12(17)18-8-9-4-2-1-3-5-9/h1-5,10,14H,6-8H2,(H,15,16)/t10-/m0/s1. The van der Waals surface area contributed by atoms with E-state index in [-0.39, 0.29) is 19.4 Å². The van der Waals surface area contributed by atoms with E-state index < -0.39 is 18.0 Å². The Balaban J connectivity index is 2.40. The van der Waals surface area contributed by atoms with E-state index in [0.717, 1.165) is 5.56 Å². The van der Waals surface area contributed by atoms with Crippen molar-refractivity contribution in [1.29, 1.82) is 0 Å². The SMILES string of the molecule is [B]N[C@@H](CCC(=O)O)C(=O)OCc1ccccc1. The lowest BCUT2D eigenvalue weighted by Gasteiger charge is -2.14. The first kappa shape index (κ1) is 14.2.